The van der Waals surface area contributed by atoms with Gasteiger partial charge in [0.15, 0.2) is 0 Å². The molecule has 1 N–H and O–H groups in total. The third-order valence-corrected chi connectivity index (χ3v) is 4.23. The first-order chi connectivity index (χ1) is 8.28. The topological polar surface area (TPSA) is 35.8 Å². The van der Waals surface area contributed by atoms with E-state index in [1.807, 2.05) is 17.8 Å². The molecule has 1 aromatic rings. The molecular formula is C13H15FN2S. The molecule has 1 unspecified atom stereocenters. The van der Waals surface area contributed by atoms with Gasteiger partial charge in [0.25, 0.3) is 0 Å². The highest BCUT2D eigenvalue weighted by molar-refractivity contribution is 7.99. The van der Waals surface area contributed by atoms with E-state index in [4.69, 9.17) is 5.26 Å². The lowest BCUT2D eigenvalue weighted by Crippen LogP contribution is -2.20. The van der Waals surface area contributed by atoms with E-state index in [-0.39, 0.29) is 5.82 Å². The Kier molecular flexibility index (Phi) is 4.27. The second-order valence-corrected chi connectivity index (χ2v) is 5.62. The van der Waals surface area contributed by atoms with Crippen LogP contribution in [0.2, 0.25) is 0 Å². The number of benzene rings is 1. The van der Waals surface area contributed by atoms with E-state index in [1.165, 1.54) is 37.1 Å². The van der Waals surface area contributed by atoms with Gasteiger partial charge in [0.1, 0.15) is 5.82 Å². The number of hydrogen-bond donors (Lipinski definition) is 1. The lowest BCUT2D eigenvalue weighted by molar-refractivity contribution is 0.627. The highest BCUT2D eigenvalue weighted by Gasteiger charge is 2.13. The molecule has 2 rings (SSSR count). The molecule has 1 heterocycles. The molecule has 0 radical (unpaired) electrons. The predicted molar refractivity (Wildman–Crippen MR) is 69.7 cm³/mol. The number of halogens is 1. The first-order valence-corrected chi connectivity index (χ1v) is 6.89. The Bertz CT molecular complexity index is 422. The van der Waals surface area contributed by atoms with Gasteiger partial charge in [0, 0.05) is 17.5 Å². The molecule has 0 amide bonds. The average molecular weight is 250 g/mol. The maximum atomic E-state index is 13.2. The molecule has 90 valence electrons. The van der Waals surface area contributed by atoms with Crippen LogP contribution in [-0.2, 0) is 0 Å². The minimum absolute atomic E-state index is 0.358. The van der Waals surface area contributed by atoms with Gasteiger partial charge < -0.3 is 5.32 Å². The maximum absolute atomic E-state index is 13.2. The lowest BCUT2D eigenvalue weighted by atomic mass is 10.1. The zero-order valence-electron chi connectivity index (χ0n) is 9.58. The van der Waals surface area contributed by atoms with E-state index >= 15 is 0 Å². The second kappa shape index (κ2) is 5.92. The van der Waals surface area contributed by atoms with Crippen LogP contribution in [0, 0.1) is 17.1 Å². The molecule has 1 aliphatic heterocycles. The first-order valence-electron chi connectivity index (χ1n) is 5.84. The van der Waals surface area contributed by atoms with E-state index in [2.05, 4.69) is 5.32 Å². The van der Waals surface area contributed by atoms with E-state index in [9.17, 15) is 4.39 Å². The van der Waals surface area contributed by atoms with Crippen molar-refractivity contribution in [2.45, 2.75) is 24.5 Å². The predicted octanol–water partition coefficient (Wildman–Crippen LogP) is 3.39. The normalized spacial score (nSPS) is 19.6. The number of rotatable bonds is 3. The van der Waals surface area contributed by atoms with Crippen molar-refractivity contribution in [2.24, 2.45) is 0 Å². The van der Waals surface area contributed by atoms with Gasteiger partial charge in [0.2, 0.25) is 0 Å². The van der Waals surface area contributed by atoms with Crippen LogP contribution in [0.5, 0.6) is 0 Å². The van der Waals surface area contributed by atoms with Crippen LogP contribution in [0.4, 0.5) is 10.1 Å². The third kappa shape index (κ3) is 3.64. The number of thioether (sulfide) groups is 1. The molecule has 1 aromatic carbocycles. The molecule has 0 aliphatic carbocycles. The molecule has 4 heteroatoms. The fraction of sp³-hybridized carbons (Fsp3) is 0.462. The highest BCUT2D eigenvalue weighted by atomic mass is 32.2. The standard InChI is InChI=1S/C13H15FN2S/c14-11-5-10(8-15)6-12(7-11)16-9-13-3-1-2-4-17-13/h5-7,13,16H,1-4,9H2. The van der Waals surface area contributed by atoms with Crippen molar-refractivity contribution in [1.82, 2.24) is 0 Å². The van der Waals surface area contributed by atoms with Crippen molar-refractivity contribution in [3.63, 3.8) is 0 Å². The summed E-state index contributed by atoms with van der Waals surface area (Å²) >= 11 is 1.98. The zero-order valence-corrected chi connectivity index (χ0v) is 10.4. The van der Waals surface area contributed by atoms with Gasteiger partial charge in [-0.15, -0.1) is 0 Å². The molecule has 0 bridgehead atoms. The smallest absolute Gasteiger partial charge is 0.126 e. The van der Waals surface area contributed by atoms with E-state index in [1.54, 1.807) is 6.07 Å². The number of nitrogens with one attached hydrogen (secondary N) is 1. The molecule has 0 saturated carbocycles. The number of anilines is 1. The summed E-state index contributed by atoms with van der Waals surface area (Å²) in [6.45, 7) is 0.846. The fourth-order valence-electron chi connectivity index (χ4n) is 1.96. The van der Waals surface area contributed by atoms with E-state index in [0.29, 0.717) is 16.5 Å². The highest BCUT2D eigenvalue weighted by Crippen LogP contribution is 2.25. The molecule has 0 spiro atoms. The number of nitrogens with zero attached hydrogens (tertiary/aromatic N) is 1. The Morgan fingerprint density at radius 1 is 1.41 bits per heavy atom. The monoisotopic (exact) mass is 250 g/mol. The van der Waals surface area contributed by atoms with Gasteiger partial charge in [-0.1, -0.05) is 6.42 Å². The Balaban J connectivity index is 1.94. The molecule has 1 aliphatic rings. The Labute approximate surface area is 105 Å². The van der Waals surface area contributed by atoms with Crippen LogP contribution in [-0.4, -0.2) is 17.5 Å². The Morgan fingerprint density at radius 3 is 3.00 bits per heavy atom. The first kappa shape index (κ1) is 12.3. The second-order valence-electron chi connectivity index (χ2n) is 4.21. The summed E-state index contributed by atoms with van der Waals surface area (Å²) in [5.41, 5.74) is 1.07. The summed E-state index contributed by atoms with van der Waals surface area (Å²) in [6, 6.07) is 6.34. The summed E-state index contributed by atoms with van der Waals surface area (Å²) in [6.07, 6.45) is 3.81. The van der Waals surface area contributed by atoms with Crippen LogP contribution in [0.15, 0.2) is 18.2 Å². The van der Waals surface area contributed by atoms with Crippen LogP contribution >= 0.6 is 11.8 Å². The van der Waals surface area contributed by atoms with Gasteiger partial charge >= 0.3 is 0 Å². The number of nitriles is 1. The van der Waals surface area contributed by atoms with Gasteiger partial charge in [-0.2, -0.15) is 17.0 Å². The van der Waals surface area contributed by atoms with Crippen molar-refractivity contribution in [3.8, 4) is 6.07 Å². The maximum Gasteiger partial charge on any atom is 0.126 e. The Hall–Kier alpha value is -1.21. The van der Waals surface area contributed by atoms with E-state index < -0.39 is 0 Å². The number of hydrogen-bond acceptors (Lipinski definition) is 3. The van der Waals surface area contributed by atoms with Crippen molar-refractivity contribution in [1.29, 1.82) is 5.26 Å². The fourth-order valence-corrected chi connectivity index (χ4v) is 3.19. The van der Waals surface area contributed by atoms with Crippen LogP contribution in [0.25, 0.3) is 0 Å². The van der Waals surface area contributed by atoms with Gasteiger partial charge in [-0.05, 0) is 36.8 Å². The zero-order chi connectivity index (χ0) is 12.1. The van der Waals surface area contributed by atoms with Crippen molar-refractivity contribution >= 4 is 17.4 Å². The van der Waals surface area contributed by atoms with Gasteiger partial charge in [-0.3, -0.25) is 0 Å². The SMILES string of the molecule is N#Cc1cc(F)cc(NCC2CCCCS2)c1. The Morgan fingerprint density at radius 2 is 2.29 bits per heavy atom. The minimum atomic E-state index is -0.358. The van der Waals surface area contributed by atoms with Gasteiger partial charge in [0.05, 0.1) is 11.6 Å². The molecule has 1 atom stereocenters. The molecule has 17 heavy (non-hydrogen) atoms. The molecule has 0 aromatic heterocycles. The van der Waals surface area contributed by atoms with Crippen LogP contribution in [0.3, 0.4) is 0 Å². The summed E-state index contributed by atoms with van der Waals surface area (Å²) in [4.78, 5) is 0. The van der Waals surface area contributed by atoms with Crippen molar-refractivity contribution < 1.29 is 4.39 Å². The van der Waals surface area contributed by atoms with E-state index in [0.717, 1.165) is 6.54 Å². The van der Waals surface area contributed by atoms with Crippen LogP contribution in [0.1, 0.15) is 24.8 Å². The lowest BCUT2D eigenvalue weighted by Gasteiger charge is -2.22. The van der Waals surface area contributed by atoms with Crippen molar-refractivity contribution in [3.05, 3.63) is 29.6 Å². The van der Waals surface area contributed by atoms with Crippen molar-refractivity contribution in [2.75, 3.05) is 17.6 Å². The summed E-state index contributed by atoms with van der Waals surface area (Å²) in [7, 11) is 0. The van der Waals surface area contributed by atoms with Gasteiger partial charge in [-0.25, -0.2) is 4.39 Å². The minimum Gasteiger partial charge on any atom is -0.384 e. The summed E-state index contributed by atoms with van der Waals surface area (Å²) in [5, 5.41) is 12.6. The summed E-state index contributed by atoms with van der Waals surface area (Å²) < 4.78 is 13.2. The largest absolute Gasteiger partial charge is 0.384 e. The average Bonchev–Trinajstić information content (AvgIpc) is 2.37. The third-order valence-electron chi connectivity index (χ3n) is 2.83. The molecular weight excluding hydrogens is 235 g/mol. The summed E-state index contributed by atoms with van der Waals surface area (Å²) in [5.74, 6) is 0.863. The quantitative estimate of drug-likeness (QED) is 0.893. The molecule has 1 saturated heterocycles. The van der Waals surface area contributed by atoms with Crippen LogP contribution < -0.4 is 5.32 Å². The molecule has 2 nitrogen and oxygen atoms in total. The molecule has 1 fully saturated rings.